The van der Waals surface area contributed by atoms with Gasteiger partial charge in [-0.1, -0.05) is 0 Å². The summed E-state index contributed by atoms with van der Waals surface area (Å²) in [6.45, 7) is 3.37. The minimum Gasteiger partial charge on any atom is -0.338 e. The zero-order valence-electron chi connectivity index (χ0n) is 8.54. The molecule has 2 rings (SSSR count). The van der Waals surface area contributed by atoms with E-state index in [2.05, 4.69) is 5.32 Å². The smallest absolute Gasteiger partial charge is 0.227 e. The van der Waals surface area contributed by atoms with Gasteiger partial charge in [0.25, 0.3) is 0 Å². The molecule has 80 valence electrons. The van der Waals surface area contributed by atoms with E-state index in [0.717, 1.165) is 38.9 Å². The van der Waals surface area contributed by atoms with Crippen LogP contribution in [0.25, 0.3) is 0 Å². The van der Waals surface area contributed by atoms with Gasteiger partial charge in [-0.2, -0.15) is 0 Å². The van der Waals surface area contributed by atoms with Gasteiger partial charge in [0, 0.05) is 25.7 Å². The molecular weight excluding hydrogens is 178 g/mol. The van der Waals surface area contributed by atoms with Gasteiger partial charge in [-0.15, -0.1) is 0 Å². The molecule has 0 aromatic rings. The van der Waals surface area contributed by atoms with Gasteiger partial charge in [0.2, 0.25) is 5.91 Å². The lowest BCUT2D eigenvalue weighted by molar-refractivity contribution is -0.135. The fraction of sp³-hybridized carbons (Fsp3) is 0.900. The van der Waals surface area contributed by atoms with E-state index >= 15 is 0 Å². The van der Waals surface area contributed by atoms with Gasteiger partial charge in [-0.25, -0.2) is 0 Å². The van der Waals surface area contributed by atoms with Crippen LogP contribution < -0.4 is 11.1 Å². The molecule has 2 fully saturated rings. The van der Waals surface area contributed by atoms with Crippen LogP contribution in [0.3, 0.4) is 0 Å². The van der Waals surface area contributed by atoms with Crippen molar-refractivity contribution in [1.82, 2.24) is 10.2 Å². The van der Waals surface area contributed by atoms with Crippen molar-refractivity contribution in [1.29, 1.82) is 0 Å². The Kier molecular flexibility index (Phi) is 3.03. The average Bonchev–Trinajstić information content (AvgIpc) is 2.87. The number of hydrogen-bond acceptors (Lipinski definition) is 3. The second kappa shape index (κ2) is 4.28. The minimum atomic E-state index is 0.210. The molecule has 0 saturated carbocycles. The summed E-state index contributed by atoms with van der Waals surface area (Å²) in [4.78, 5) is 14.0. The number of amides is 1. The molecule has 3 N–H and O–H groups in total. The summed E-state index contributed by atoms with van der Waals surface area (Å²) in [5.41, 5.74) is 5.65. The Morgan fingerprint density at radius 2 is 2.36 bits per heavy atom. The number of carbonyl (C=O) groups excluding carboxylic acids is 1. The summed E-state index contributed by atoms with van der Waals surface area (Å²) in [5, 5.41) is 3.23. The molecule has 0 bridgehead atoms. The summed E-state index contributed by atoms with van der Waals surface area (Å²) >= 11 is 0. The predicted octanol–water partition coefficient (Wildman–Crippen LogP) is -0.454. The fourth-order valence-corrected chi connectivity index (χ4v) is 2.47. The molecule has 14 heavy (non-hydrogen) atoms. The molecule has 0 aromatic carbocycles. The Balaban J connectivity index is 1.95. The van der Waals surface area contributed by atoms with E-state index in [1.165, 1.54) is 0 Å². The second-order valence-corrected chi connectivity index (χ2v) is 4.25. The van der Waals surface area contributed by atoms with E-state index in [1.807, 2.05) is 4.90 Å². The summed E-state index contributed by atoms with van der Waals surface area (Å²) in [7, 11) is 0. The SMILES string of the molecule is NCC1CCCN1C(=O)C1CCNC1. The highest BCUT2D eigenvalue weighted by Gasteiger charge is 2.33. The molecule has 2 aliphatic heterocycles. The van der Waals surface area contributed by atoms with Gasteiger partial charge in [0.15, 0.2) is 0 Å². The van der Waals surface area contributed by atoms with E-state index < -0.39 is 0 Å². The van der Waals surface area contributed by atoms with Crippen LogP contribution in [-0.4, -0.2) is 43.0 Å². The standard InChI is InChI=1S/C10H19N3O/c11-6-9-2-1-5-13(9)10(14)8-3-4-12-7-8/h8-9,12H,1-7,11H2. The Bertz CT molecular complexity index is 213. The number of nitrogens with zero attached hydrogens (tertiary/aromatic N) is 1. The molecule has 2 aliphatic rings. The zero-order valence-corrected chi connectivity index (χ0v) is 8.54. The fourth-order valence-electron chi connectivity index (χ4n) is 2.47. The third-order valence-corrected chi connectivity index (χ3v) is 3.34. The molecule has 1 amide bonds. The molecule has 0 spiro atoms. The first-order valence-electron chi connectivity index (χ1n) is 5.54. The summed E-state index contributed by atoms with van der Waals surface area (Å²) in [6.07, 6.45) is 3.20. The van der Waals surface area contributed by atoms with E-state index in [-0.39, 0.29) is 5.92 Å². The van der Waals surface area contributed by atoms with Crippen LogP contribution in [0.4, 0.5) is 0 Å². The monoisotopic (exact) mass is 197 g/mol. The average molecular weight is 197 g/mol. The van der Waals surface area contributed by atoms with Crippen LogP contribution in [0.2, 0.25) is 0 Å². The maximum atomic E-state index is 12.0. The number of nitrogens with two attached hydrogens (primary N) is 1. The van der Waals surface area contributed by atoms with Crippen LogP contribution in [0.5, 0.6) is 0 Å². The number of likely N-dealkylation sites (tertiary alicyclic amines) is 1. The first kappa shape index (κ1) is 9.93. The van der Waals surface area contributed by atoms with Crippen molar-refractivity contribution >= 4 is 5.91 Å². The van der Waals surface area contributed by atoms with E-state index in [9.17, 15) is 4.79 Å². The molecule has 2 saturated heterocycles. The maximum absolute atomic E-state index is 12.0. The van der Waals surface area contributed by atoms with Gasteiger partial charge in [0.05, 0.1) is 5.92 Å². The molecule has 2 heterocycles. The zero-order chi connectivity index (χ0) is 9.97. The Morgan fingerprint density at radius 1 is 1.50 bits per heavy atom. The number of hydrogen-bond donors (Lipinski definition) is 2. The van der Waals surface area contributed by atoms with Gasteiger partial charge in [0.1, 0.15) is 0 Å². The van der Waals surface area contributed by atoms with Crippen LogP contribution in [-0.2, 0) is 4.79 Å². The molecule has 2 atom stereocenters. The van der Waals surface area contributed by atoms with E-state index in [0.29, 0.717) is 18.5 Å². The first-order chi connectivity index (χ1) is 6.83. The third kappa shape index (κ3) is 1.77. The van der Waals surface area contributed by atoms with Crippen molar-refractivity contribution < 1.29 is 4.79 Å². The Labute approximate surface area is 84.8 Å². The maximum Gasteiger partial charge on any atom is 0.227 e. The summed E-state index contributed by atoms with van der Waals surface area (Å²) < 4.78 is 0. The minimum absolute atomic E-state index is 0.210. The molecule has 0 aromatic heterocycles. The van der Waals surface area contributed by atoms with Crippen molar-refractivity contribution in [2.75, 3.05) is 26.2 Å². The van der Waals surface area contributed by atoms with Gasteiger partial charge in [-0.05, 0) is 25.8 Å². The van der Waals surface area contributed by atoms with Gasteiger partial charge >= 0.3 is 0 Å². The van der Waals surface area contributed by atoms with E-state index in [4.69, 9.17) is 5.73 Å². The molecule has 0 aliphatic carbocycles. The van der Waals surface area contributed by atoms with Crippen LogP contribution in [0, 0.1) is 5.92 Å². The van der Waals surface area contributed by atoms with Crippen molar-refractivity contribution in [2.45, 2.75) is 25.3 Å². The summed E-state index contributed by atoms with van der Waals surface area (Å²) in [5.74, 6) is 0.533. The quantitative estimate of drug-likeness (QED) is 0.630. The molecular formula is C10H19N3O. The van der Waals surface area contributed by atoms with E-state index in [1.54, 1.807) is 0 Å². The lowest BCUT2D eigenvalue weighted by atomic mass is 10.1. The molecule has 4 nitrogen and oxygen atoms in total. The van der Waals surface area contributed by atoms with Crippen LogP contribution in [0.1, 0.15) is 19.3 Å². The van der Waals surface area contributed by atoms with Crippen LogP contribution >= 0.6 is 0 Å². The molecule has 0 radical (unpaired) electrons. The highest BCUT2D eigenvalue weighted by Crippen LogP contribution is 2.21. The molecule has 4 heteroatoms. The third-order valence-electron chi connectivity index (χ3n) is 3.34. The lowest BCUT2D eigenvalue weighted by Gasteiger charge is -2.26. The number of nitrogens with one attached hydrogen (secondary N) is 1. The summed E-state index contributed by atoms with van der Waals surface area (Å²) in [6, 6.07) is 0.308. The topological polar surface area (TPSA) is 58.4 Å². The Morgan fingerprint density at radius 3 is 3.00 bits per heavy atom. The van der Waals surface area contributed by atoms with Crippen molar-refractivity contribution in [3.05, 3.63) is 0 Å². The van der Waals surface area contributed by atoms with Gasteiger partial charge in [-0.3, -0.25) is 4.79 Å². The normalized spacial score (nSPS) is 32.5. The van der Waals surface area contributed by atoms with Crippen LogP contribution in [0.15, 0.2) is 0 Å². The predicted molar refractivity (Wildman–Crippen MR) is 54.8 cm³/mol. The number of carbonyl (C=O) groups is 1. The van der Waals surface area contributed by atoms with Crippen molar-refractivity contribution in [3.8, 4) is 0 Å². The first-order valence-corrected chi connectivity index (χ1v) is 5.54. The lowest BCUT2D eigenvalue weighted by Crippen LogP contribution is -2.43. The number of rotatable bonds is 2. The largest absolute Gasteiger partial charge is 0.338 e. The van der Waals surface area contributed by atoms with Gasteiger partial charge < -0.3 is 16.0 Å². The van der Waals surface area contributed by atoms with Crippen molar-refractivity contribution in [3.63, 3.8) is 0 Å². The Hall–Kier alpha value is -0.610. The highest BCUT2D eigenvalue weighted by atomic mass is 16.2. The molecule has 2 unspecified atom stereocenters. The van der Waals surface area contributed by atoms with Crippen molar-refractivity contribution in [2.24, 2.45) is 11.7 Å². The highest BCUT2D eigenvalue weighted by molar-refractivity contribution is 5.80. The second-order valence-electron chi connectivity index (χ2n) is 4.25.